The summed E-state index contributed by atoms with van der Waals surface area (Å²) in [6, 6.07) is 0.739. The Morgan fingerprint density at radius 2 is 1.92 bits per heavy atom. The smallest absolute Gasteiger partial charge is 0.263 e. The average molecular weight is 359 g/mol. The SMILES string of the molecule is CN(C)C(=O)c1sc2nccnc2c1C1CCN(C2CCCCC2)C1. The second kappa shape index (κ2) is 7.00. The lowest BCUT2D eigenvalue weighted by molar-refractivity contribution is 0.0831. The summed E-state index contributed by atoms with van der Waals surface area (Å²) in [4.78, 5) is 27.8. The van der Waals surface area contributed by atoms with Gasteiger partial charge in [0.1, 0.15) is 10.3 Å². The zero-order valence-corrected chi connectivity index (χ0v) is 15.9. The van der Waals surface area contributed by atoms with Crippen molar-refractivity contribution in [3.05, 3.63) is 22.8 Å². The average Bonchev–Trinajstić information content (AvgIpc) is 3.26. The molecule has 2 fully saturated rings. The molecule has 1 aliphatic heterocycles. The lowest BCUT2D eigenvalue weighted by Crippen LogP contribution is -2.34. The van der Waals surface area contributed by atoms with E-state index in [-0.39, 0.29) is 5.91 Å². The Bertz CT molecular complexity index is 766. The Labute approximate surface area is 153 Å². The van der Waals surface area contributed by atoms with E-state index in [0.29, 0.717) is 5.92 Å². The fraction of sp³-hybridized carbons (Fsp3) is 0.632. The molecule has 2 aliphatic rings. The first-order valence-electron chi connectivity index (χ1n) is 9.34. The highest BCUT2D eigenvalue weighted by Crippen LogP contribution is 2.40. The summed E-state index contributed by atoms with van der Waals surface area (Å²) in [5.41, 5.74) is 2.08. The molecule has 1 saturated carbocycles. The van der Waals surface area contributed by atoms with Gasteiger partial charge in [0.05, 0.1) is 4.88 Å². The van der Waals surface area contributed by atoms with Crippen molar-refractivity contribution in [1.29, 1.82) is 0 Å². The number of likely N-dealkylation sites (tertiary alicyclic amines) is 1. The fourth-order valence-corrected chi connectivity index (χ4v) is 5.59. The Kier molecular flexibility index (Phi) is 4.73. The molecular formula is C19H26N4OS. The van der Waals surface area contributed by atoms with Crippen molar-refractivity contribution in [2.75, 3.05) is 27.2 Å². The molecule has 3 heterocycles. The first-order chi connectivity index (χ1) is 12.1. The predicted octanol–water partition coefficient (Wildman–Crippen LogP) is 3.52. The molecule has 2 aromatic heterocycles. The molecule has 2 aromatic rings. The molecule has 1 unspecified atom stereocenters. The molecule has 6 heteroatoms. The Balaban J connectivity index is 1.66. The Morgan fingerprint density at radius 3 is 2.68 bits per heavy atom. The van der Waals surface area contributed by atoms with E-state index in [1.54, 1.807) is 17.3 Å². The van der Waals surface area contributed by atoms with Crippen LogP contribution in [-0.2, 0) is 0 Å². The maximum atomic E-state index is 12.7. The number of carbonyl (C=O) groups is 1. The number of fused-ring (bicyclic) bond motifs is 1. The maximum absolute atomic E-state index is 12.7. The third kappa shape index (κ3) is 3.17. The van der Waals surface area contributed by atoms with Gasteiger partial charge in [-0.2, -0.15) is 0 Å². The van der Waals surface area contributed by atoms with Gasteiger partial charge in [-0.25, -0.2) is 4.98 Å². The van der Waals surface area contributed by atoms with Gasteiger partial charge in [0.2, 0.25) is 0 Å². The maximum Gasteiger partial charge on any atom is 0.263 e. The number of aromatic nitrogens is 2. The van der Waals surface area contributed by atoms with E-state index in [2.05, 4.69) is 14.9 Å². The minimum Gasteiger partial charge on any atom is -0.344 e. The van der Waals surface area contributed by atoms with Crippen LogP contribution in [-0.4, -0.2) is 58.9 Å². The van der Waals surface area contributed by atoms with Crippen molar-refractivity contribution in [1.82, 2.24) is 19.8 Å². The molecule has 134 valence electrons. The lowest BCUT2D eigenvalue weighted by Gasteiger charge is -2.31. The first kappa shape index (κ1) is 16.9. The number of hydrogen-bond donors (Lipinski definition) is 0. The summed E-state index contributed by atoms with van der Waals surface area (Å²) in [5.74, 6) is 0.474. The second-order valence-electron chi connectivity index (χ2n) is 7.53. The summed E-state index contributed by atoms with van der Waals surface area (Å²) in [7, 11) is 3.64. The summed E-state index contributed by atoms with van der Waals surface area (Å²) < 4.78 is 0. The van der Waals surface area contributed by atoms with Crippen molar-refractivity contribution in [3.8, 4) is 0 Å². The Morgan fingerprint density at radius 1 is 1.16 bits per heavy atom. The van der Waals surface area contributed by atoms with Crippen LogP contribution in [0.25, 0.3) is 10.3 Å². The molecule has 5 nitrogen and oxygen atoms in total. The number of amides is 1. The van der Waals surface area contributed by atoms with Gasteiger partial charge < -0.3 is 4.90 Å². The number of rotatable bonds is 3. The molecule has 4 rings (SSSR count). The highest BCUT2D eigenvalue weighted by atomic mass is 32.1. The van der Waals surface area contributed by atoms with Gasteiger partial charge in [-0.05, 0) is 25.8 Å². The summed E-state index contributed by atoms with van der Waals surface area (Å²) in [6.07, 6.45) is 11.4. The second-order valence-corrected chi connectivity index (χ2v) is 8.53. The van der Waals surface area contributed by atoms with Crippen molar-refractivity contribution in [2.24, 2.45) is 0 Å². The van der Waals surface area contributed by atoms with E-state index in [4.69, 9.17) is 0 Å². The quantitative estimate of drug-likeness (QED) is 0.842. The van der Waals surface area contributed by atoms with Crippen LogP contribution in [0.5, 0.6) is 0 Å². The topological polar surface area (TPSA) is 49.3 Å². The van der Waals surface area contributed by atoms with Crippen LogP contribution in [0.2, 0.25) is 0 Å². The van der Waals surface area contributed by atoms with Crippen molar-refractivity contribution >= 4 is 27.6 Å². The van der Waals surface area contributed by atoms with Crippen molar-refractivity contribution in [3.63, 3.8) is 0 Å². The molecule has 1 saturated heterocycles. The zero-order chi connectivity index (χ0) is 17.4. The van der Waals surface area contributed by atoms with Gasteiger partial charge in [0, 0.05) is 50.6 Å². The van der Waals surface area contributed by atoms with E-state index in [9.17, 15) is 4.79 Å². The molecule has 0 spiro atoms. The summed E-state index contributed by atoms with van der Waals surface area (Å²) in [5, 5.41) is 0. The highest BCUT2D eigenvalue weighted by molar-refractivity contribution is 7.20. The van der Waals surface area contributed by atoms with Crippen LogP contribution in [0.1, 0.15) is 59.7 Å². The van der Waals surface area contributed by atoms with Gasteiger partial charge in [-0.15, -0.1) is 11.3 Å². The number of thiophene rings is 1. The highest BCUT2D eigenvalue weighted by Gasteiger charge is 2.34. The van der Waals surface area contributed by atoms with Gasteiger partial charge >= 0.3 is 0 Å². The molecule has 0 radical (unpaired) electrons. The fourth-order valence-electron chi connectivity index (χ4n) is 4.39. The molecule has 1 atom stereocenters. The molecule has 0 aromatic carbocycles. The molecule has 1 amide bonds. The standard InChI is InChI=1S/C19H26N4OS/c1-22(2)19(24)17-15(16-18(25-17)21-10-9-20-16)13-8-11-23(12-13)14-6-4-3-5-7-14/h9-10,13-14H,3-8,11-12H2,1-2H3. The van der Waals surface area contributed by atoms with Crippen LogP contribution < -0.4 is 0 Å². The minimum absolute atomic E-state index is 0.0796. The van der Waals surface area contributed by atoms with Crippen LogP contribution >= 0.6 is 11.3 Å². The molecule has 25 heavy (non-hydrogen) atoms. The third-order valence-corrected chi connectivity index (χ3v) is 6.77. The summed E-state index contributed by atoms with van der Waals surface area (Å²) in [6.45, 7) is 2.20. The lowest BCUT2D eigenvalue weighted by atomic mass is 9.94. The van der Waals surface area contributed by atoms with Gasteiger partial charge in [-0.3, -0.25) is 14.7 Å². The van der Waals surface area contributed by atoms with Gasteiger partial charge in [0.25, 0.3) is 5.91 Å². The normalized spacial score (nSPS) is 22.6. The molecule has 0 N–H and O–H groups in total. The van der Waals surface area contributed by atoms with E-state index < -0.39 is 0 Å². The molecule has 1 aliphatic carbocycles. The van der Waals surface area contributed by atoms with Crippen LogP contribution in [0.4, 0.5) is 0 Å². The van der Waals surface area contributed by atoms with Crippen molar-refractivity contribution < 1.29 is 4.79 Å². The minimum atomic E-state index is 0.0796. The summed E-state index contributed by atoms with van der Waals surface area (Å²) >= 11 is 1.50. The number of hydrogen-bond acceptors (Lipinski definition) is 5. The van der Waals surface area contributed by atoms with E-state index in [1.807, 2.05) is 14.1 Å². The number of nitrogens with zero attached hydrogens (tertiary/aromatic N) is 4. The molecular weight excluding hydrogens is 332 g/mol. The van der Waals surface area contributed by atoms with Crippen molar-refractivity contribution in [2.45, 2.75) is 50.5 Å². The molecule has 0 bridgehead atoms. The third-order valence-electron chi connectivity index (χ3n) is 5.68. The predicted molar refractivity (Wildman–Crippen MR) is 101 cm³/mol. The Hall–Kier alpha value is -1.53. The zero-order valence-electron chi connectivity index (χ0n) is 15.1. The van der Waals surface area contributed by atoms with Crippen LogP contribution in [0, 0.1) is 0 Å². The van der Waals surface area contributed by atoms with Gasteiger partial charge in [-0.1, -0.05) is 19.3 Å². The largest absolute Gasteiger partial charge is 0.344 e. The van der Waals surface area contributed by atoms with E-state index in [1.165, 1.54) is 43.4 Å². The first-order valence-corrected chi connectivity index (χ1v) is 10.2. The monoisotopic (exact) mass is 358 g/mol. The van der Waals surface area contributed by atoms with Crippen LogP contribution in [0.15, 0.2) is 12.4 Å². The number of carbonyl (C=O) groups excluding carboxylic acids is 1. The van der Waals surface area contributed by atoms with Gasteiger partial charge in [0.15, 0.2) is 0 Å². The van der Waals surface area contributed by atoms with Crippen LogP contribution in [0.3, 0.4) is 0 Å². The van der Waals surface area contributed by atoms with E-state index >= 15 is 0 Å². The van der Waals surface area contributed by atoms with E-state index in [0.717, 1.165) is 46.3 Å².